The Morgan fingerprint density at radius 1 is 1.78 bits per heavy atom. The van der Waals surface area contributed by atoms with Crippen LogP contribution in [-0.4, -0.2) is 12.2 Å². The third kappa shape index (κ3) is 1.22. The smallest absolute Gasteiger partial charge is 0.0799 e. The summed E-state index contributed by atoms with van der Waals surface area (Å²) in [5.74, 6) is 0. The lowest BCUT2D eigenvalue weighted by Gasteiger charge is -2.02. The molecule has 1 aliphatic heterocycles. The zero-order chi connectivity index (χ0) is 6.85. The van der Waals surface area contributed by atoms with Crippen LogP contribution in [-0.2, 0) is 4.74 Å². The molecule has 1 rings (SSSR count). The maximum Gasteiger partial charge on any atom is 0.0799 e. The average Bonchev–Trinajstić information content (AvgIpc) is 2.13. The van der Waals surface area contributed by atoms with E-state index in [4.69, 9.17) is 4.74 Å². The number of hydrogen-bond acceptors (Lipinski definition) is 1. The molecule has 2 atom stereocenters. The normalized spacial score (nSPS) is 35.0. The van der Waals surface area contributed by atoms with Gasteiger partial charge in [0, 0.05) is 6.42 Å². The second-order valence-corrected chi connectivity index (χ2v) is 2.41. The van der Waals surface area contributed by atoms with Gasteiger partial charge in [0.2, 0.25) is 0 Å². The van der Waals surface area contributed by atoms with Crippen molar-refractivity contribution in [3.63, 3.8) is 0 Å². The first-order valence-electron chi connectivity index (χ1n) is 3.19. The Bertz CT molecular complexity index is 138. The summed E-state index contributed by atoms with van der Waals surface area (Å²) in [4.78, 5) is 0. The standard InChI is InChI=1S/C8H12O/c1-4-8-5-6(2)7(3)9-8/h4,7-8H,1-2,5H2,3H3/t7-,8-/m0/s1. The van der Waals surface area contributed by atoms with E-state index < -0.39 is 0 Å². The molecule has 1 saturated heterocycles. The molecule has 0 radical (unpaired) electrons. The third-order valence-electron chi connectivity index (χ3n) is 1.68. The second-order valence-electron chi connectivity index (χ2n) is 2.41. The van der Waals surface area contributed by atoms with Crippen LogP contribution in [0.2, 0.25) is 0 Å². The second kappa shape index (κ2) is 2.36. The minimum atomic E-state index is 0.215. The first-order valence-corrected chi connectivity index (χ1v) is 3.19. The summed E-state index contributed by atoms with van der Waals surface area (Å²) in [6.07, 6.45) is 3.22. The van der Waals surface area contributed by atoms with Gasteiger partial charge in [-0.15, -0.1) is 6.58 Å². The van der Waals surface area contributed by atoms with Gasteiger partial charge in [-0.2, -0.15) is 0 Å². The van der Waals surface area contributed by atoms with E-state index in [0.717, 1.165) is 6.42 Å². The van der Waals surface area contributed by atoms with E-state index in [1.807, 2.05) is 13.0 Å². The Balaban J connectivity index is 2.53. The van der Waals surface area contributed by atoms with Gasteiger partial charge < -0.3 is 4.74 Å². The summed E-state index contributed by atoms with van der Waals surface area (Å²) in [6, 6.07) is 0. The average molecular weight is 124 g/mol. The van der Waals surface area contributed by atoms with Gasteiger partial charge in [-0.3, -0.25) is 0 Å². The van der Waals surface area contributed by atoms with Crippen molar-refractivity contribution in [3.05, 3.63) is 24.8 Å². The van der Waals surface area contributed by atoms with E-state index >= 15 is 0 Å². The summed E-state index contributed by atoms with van der Waals surface area (Å²) in [5, 5.41) is 0. The fourth-order valence-electron chi connectivity index (χ4n) is 0.970. The zero-order valence-electron chi connectivity index (χ0n) is 5.76. The van der Waals surface area contributed by atoms with E-state index in [1.54, 1.807) is 0 Å². The SMILES string of the molecule is C=C[C@H]1CC(=C)[C@H](C)O1. The molecule has 1 nitrogen and oxygen atoms in total. The van der Waals surface area contributed by atoms with Crippen molar-refractivity contribution in [1.29, 1.82) is 0 Å². The van der Waals surface area contributed by atoms with E-state index in [-0.39, 0.29) is 12.2 Å². The van der Waals surface area contributed by atoms with Crippen molar-refractivity contribution in [2.45, 2.75) is 25.6 Å². The molecule has 9 heavy (non-hydrogen) atoms. The van der Waals surface area contributed by atoms with Gasteiger partial charge in [0.05, 0.1) is 12.2 Å². The van der Waals surface area contributed by atoms with E-state index in [1.165, 1.54) is 5.57 Å². The molecule has 1 aliphatic rings. The first kappa shape index (κ1) is 6.56. The molecule has 0 N–H and O–H groups in total. The van der Waals surface area contributed by atoms with Crippen molar-refractivity contribution in [2.75, 3.05) is 0 Å². The Morgan fingerprint density at radius 3 is 2.67 bits per heavy atom. The van der Waals surface area contributed by atoms with Crippen molar-refractivity contribution >= 4 is 0 Å². The van der Waals surface area contributed by atoms with Gasteiger partial charge in [-0.1, -0.05) is 12.7 Å². The molecule has 1 heterocycles. The van der Waals surface area contributed by atoms with Crippen molar-refractivity contribution in [2.24, 2.45) is 0 Å². The van der Waals surface area contributed by atoms with Crippen molar-refractivity contribution in [3.8, 4) is 0 Å². The van der Waals surface area contributed by atoms with Crippen LogP contribution in [0, 0.1) is 0 Å². The third-order valence-corrected chi connectivity index (χ3v) is 1.68. The molecule has 0 spiro atoms. The van der Waals surface area contributed by atoms with Crippen LogP contribution >= 0.6 is 0 Å². The molecule has 0 unspecified atom stereocenters. The molecule has 0 amide bonds. The van der Waals surface area contributed by atoms with Gasteiger partial charge in [-0.05, 0) is 12.5 Å². The minimum Gasteiger partial charge on any atom is -0.367 e. The summed E-state index contributed by atoms with van der Waals surface area (Å²) >= 11 is 0. The Labute approximate surface area is 56.0 Å². The van der Waals surface area contributed by atoms with Gasteiger partial charge >= 0.3 is 0 Å². The summed E-state index contributed by atoms with van der Waals surface area (Å²) in [7, 11) is 0. The summed E-state index contributed by atoms with van der Waals surface area (Å²) in [6.45, 7) is 9.53. The van der Waals surface area contributed by atoms with Crippen LogP contribution in [0.5, 0.6) is 0 Å². The molecule has 0 aromatic rings. The minimum absolute atomic E-state index is 0.215. The topological polar surface area (TPSA) is 9.23 Å². The molecular formula is C8H12O. The van der Waals surface area contributed by atoms with Crippen LogP contribution in [0.3, 0.4) is 0 Å². The fraction of sp³-hybridized carbons (Fsp3) is 0.500. The molecule has 1 fully saturated rings. The summed E-state index contributed by atoms with van der Waals surface area (Å²) < 4.78 is 5.41. The molecule has 0 bridgehead atoms. The Hall–Kier alpha value is -0.560. The van der Waals surface area contributed by atoms with Crippen LogP contribution in [0.1, 0.15) is 13.3 Å². The predicted octanol–water partition coefficient (Wildman–Crippen LogP) is 1.91. The number of hydrogen-bond donors (Lipinski definition) is 0. The van der Waals surface area contributed by atoms with Crippen LogP contribution in [0.25, 0.3) is 0 Å². The zero-order valence-corrected chi connectivity index (χ0v) is 5.76. The molecule has 0 aromatic heterocycles. The monoisotopic (exact) mass is 124 g/mol. The lowest BCUT2D eigenvalue weighted by atomic mass is 10.1. The highest BCUT2D eigenvalue weighted by atomic mass is 16.5. The van der Waals surface area contributed by atoms with Gasteiger partial charge in [0.25, 0.3) is 0 Å². The van der Waals surface area contributed by atoms with Gasteiger partial charge in [-0.25, -0.2) is 0 Å². The van der Waals surface area contributed by atoms with E-state index in [9.17, 15) is 0 Å². The highest BCUT2D eigenvalue weighted by Gasteiger charge is 2.21. The Morgan fingerprint density at radius 2 is 2.44 bits per heavy atom. The maximum atomic E-state index is 5.41. The van der Waals surface area contributed by atoms with Crippen molar-refractivity contribution in [1.82, 2.24) is 0 Å². The quantitative estimate of drug-likeness (QED) is 0.485. The number of rotatable bonds is 1. The highest BCUT2D eigenvalue weighted by Crippen LogP contribution is 2.23. The molecule has 0 aromatic carbocycles. The maximum absolute atomic E-state index is 5.41. The van der Waals surface area contributed by atoms with Gasteiger partial charge in [0.1, 0.15) is 0 Å². The number of ether oxygens (including phenoxy) is 1. The van der Waals surface area contributed by atoms with Crippen molar-refractivity contribution < 1.29 is 4.74 Å². The lowest BCUT2D eigenvalue weighted by Crippen LogP contribution is -2.03. The summed E-state index contributed by atoms with van der Waals surface area (Å²) in [5.41, 5.74) is 1.18. The lowest BCUT2D eigenvalue weighted by molar-refractivity contribution is 0.0921. The fourth-order valence-corrected chi connectivity index (χ4v) is 0.970. The first-order chi connectivity index (χ1) is 4.24. The largest absolute Gasteiger partial charge is 0.367 e. The Kier molecular flexibility index (Phi) is 1.72. The predicted molar refractivity (Wildman–Crippen MR) is 38.3 cm³/mol. The van der Waals surface area contributed by atoms with Crippen LogP contribution < -0.4 is 0 Å². The molecule has 50 valence electrons. The molecular weight excluding hydrogens is 112 g/mol. The van der Waals surface area contributed by atoms with Gasteiger partial charge in [0.15, 0.2) is 0 Å². The molecule has 0 aliphatic carbocycles. The van der Waals surface area contributed by atoms with Crippen LogP contribution in [0.4, 0.5) is 0 Å². The van der Waals surface area contributed by atoms with Crippen LogP contribution in [0.15, 0.2) is 24.8 Å². The molecule has 0 saturated carbocycles. The highest BCUT2D eigenvalue weighted by molar-refractivity contribution is 5.10. The van der Waals surface area contributed by atoms with E-state index in [0.29, 0.717) is 0 Å². The molecule has 1 heteroatoms. The van der Waals surface area contributed by atoms with E-state index in [2.05, 4.69) is 13.2 Å².